The Hall–Kier alpha value is -1.68. The van der Waals surface area contributed by atoms with Crippen molar-refractivity contribution in [2.24, 2.45) is 0 Å². The van der Waals surface area contributed by atoms with Gasteiger partial charge >= 0.3 is 0 Å². The van der Waals surface area contributed by atoms with Crippen LogP contribution in [0.15, 0.2) is 18.3 Å². The number of rotatable bonds is 2. The zero-order chi connectivity index (χ0) is 14.3. The fourth-order valence-electron chi connectivity index (χ4n) is 3.13. The zero-order valence-corrected chi connectivity index (χ0v) is 12.6. The summed E-state index contributed by atoms with van der Waals surface area (Å²) in [6.07, 6.45) is 1.87. The maximum atomic E-state index is 4.84. The molecule has 1 aliphatic heterocycles. The SMILES string of the molecule is Cc1nc(-c2cccnc2C(C)C)c2n1C(C)CNC2. The van der Waals surface area contributed by atoms with Crippen molar-refractivity contribution in [3.05, 3.63) is 35.5 Å². The molecule has 2 aromatic rings. The van der Waals surface area contributed by atoms with E-state index in [0.29, 0.717) is 12.0 Å². The summed E-state index contributed by atoms with van der Waals surface area (Å²) in [5.74, 6) is 1.50. The second-order valence-electron chi connectivity index (χ2n) is 5.90. The van der Waals surface area contributed by atoms with Crippen LogP contribution in [0.1, 0.15) is 49.9 Å². The van der Waals surface area contributed by atoms with Crippen LogP contribution < -0.4 is 5.32 Å². The molecule has 1 unspecified atom stereocenters. The molecular formula is C16H22N4. The van der Waals surface area contributed by atoms with Crippen LogP contribution in [0.25, 0.3) is 11.3 Å². The van der Waals surface area contributed by atoms with Gasteiger partial charge in [-0.25, -0.2) is 4.98 Å². The first-order valence-corrected chi connectivity index (χ1v) is 7.33. The molecule has 3 heterocycles. The molecular weight excluding hydrogens is 248 g/mol. The number of hydrogen-bond acceptors (Lipinski definition) is 3. The Morgan fingerprint density at radius 2 is 2.20 bits per heavy atom. The van der Waals surface area contributed by atoms with Crippen molar-refractivity contribution >= 4 is 0 Å². The van der Waals surface area contributed by atoms with Gasteiger partial charge in [-0.05, 0) is 31.9 Å². The number of aryl methyl sites for hydroxylation is 1. The lowest BCUT2D eigenvalue weighted by Gasteiger charge is -2.25. The van der Waals surface area contributed by atoms with Crippen molar-refractivity contribution in [2.75, 3.05) is 6.54 Å². The normalized spacial score (nSPS) is 18.4. The van der Waals surface area contributed by atoms with E-state index in [1.807, 2.05) is 12.3 Å². The van der Waals surface area contributed by atoms with Crippen LogP contribution in [-0.2, 0) is 6.54 Å². The third-order valence-electron chi connectivity index (χ3n) is 4.00. The minimum atomic E-state index is 0.401. The van der Waals surface area contributed by atoms with Crippen LogP contribution in [0.4, 0.5) is 0 Å². The first kappa shape index (κ1) is 13.3. The van der Waals surface area contributed by atoms with E-state index >= 15 is 0 Å². The number of aromatic nitrogens is 3. The topological polar surface area (TPSA) is 42.7 Å². The molecule has 0 saturated heterocycles. The molecule has 1 aliphatic rings. The highest BCUT2D eigenvalue weighted by Crippen LogP contribution is 2.32. The zero-order valence-electron chi connectivity index (χ0n) is 12.6. The van der Waals surface area contributed by atoms with E-state index in [-0.39, 0.29) is 0 Å². The number of imidazole rings is 1. The average Bonchev–Trinajstić information content (AvgIpc) is 2.77. The summed E-state index contributed by atoms with van der Waals surface area (Å²) in [7, 11) is 0. The molecule has 2 aromatic heterocycles. The molecule has 4 nitrogen and oxygen atoms in total. The third kappa shape index (κ3) is 2.04. The number of pyridine rings is 1. The standard InChI is InChI=1S/C16H22N4/c1-10(2)15-13(6-5-7-18-15)16-14-9-17-8-11(3)20(14)12(4)19-16/h5-7,10-11,17H,8-9H2,1-4H3. The van der Waals surface area contributed by atoms with E-state index in [9.17, 15) is 0 Å². The maximum absolute atomic E-state index is 4.84. The van der Waals surface area contributed by atoms with Gasteiger partial charge in [0.05, 0.1) is 17.1 Å². The highest BCUT2D eigenvalue weighted by Gasteiger charge is 2.24. The van der Waals surface area contributed by atoms with Crippen LogP contribution in [0.3, 0.4) is 0 Å². The van der Waals surface area contributed by atoms with Gasteiger partial charge in [0.1, 0.15) is 5.82 Å². The van der Waals surface area contributed by atoms with Crippen LogP contribution >= 0.6 is 0 Å². The van der Waals surface area contributed by atoms with Crippen LogP contribution in [0, 0.1) is 6.92 Å². The molecule has 0 radical (unpaired) electrons. The van der Waals surface area contributed by atoms with E-state index in [0.717, 1.165) is 30.3 Å². The van der Waals surface area contributed by atoms with E-state index in [1.165, 1.54) is 11.3 Å². The fourth-order valence-corrected chi connectivity index (χ4v) is 3.13. The van der Waals surface area contributed by atoms with Gasteiger partial charge in [0.2, 0.25) is 0 Å². The van der Waals surface area contributed by atoms with Gasteiger partial charge in [-0.1, -0.05) is 13.8 Å². The van der Waals surface area contributed by atoms with Crippen molar-refractivity contribution in [1.82, 2.24) is 19.9 Å². The first-order valence-electron chi connectivity index (χ1n) is 7.33. The monoisotopic (exact) mass is 270 g/mol. The Morgan fingerprint density at radius 1 is 1.40 bits per heavy atom. The molecule has 20 heavy (non-hydrogen) atoms. The molecule has 1 atom stereocenters. The summed E-state index contributed by atoms with van der Waals surface area (Å²) < 4.78 is 2.36. The summed E-state index contributed by atoms with van der Waals surface area (Å²) in [6.45, 7) is 10.6. The Bertz CT molecular complexity index is 627. The van der Waals surface area contributed by atoms with E-state index < -0.39 is 0 Å². The van der Waals surface area contributed by atoms with Crippen LogP contribution in [-0.4, -0.2) is 21.1 Å². The molecule has 0 spiro atoms. The predicted molar refractivity (Wildman–Crippen MR) is 80.7 cm³/mol. The quantitative estimate of drug-likeness (QED) is 0.912. The van der Waals surface area contributed by atoms with Crippen molar-refractivity contribution in [1.29, 1.82) is 0 Å². The van der Waals surface area contributed by atoms with Crippen molar-refractivity contribution < 1.29 is 0 Å². The van der Waals surface area contributed by atoms with Crippen LogP contribution in [0.2, 0.25) is 0 Å². The lowest BCUT2D eigenvalue weighted by atomic mass is 10.00. The largest absolute Gasteiger partial charge is 0.326 e. The smallest absolute Gasteiger partial charge is 0.106 e. The molecule has 0 bridgehead atoms. The Balaban J connectivity index is 2.19. The summed E-state index contributed by atoms with van der Waals surface area (Å²) in [5.41, 5.74) is 4.69. The molecule has 0 saturated carbocycles. The van der Waals surface area contributed by atoms with Gasteiger partial charge in [0, 0.05) is 30.9 Å². The molecule has 0 fully saturated rings. The van der Waals surface area contributed by atoms with Gasteiger partial charge in [-0.3, -0.25) is 4.98 Å². The minimum Gasteiger partial charge on any atom is -0.326 e. The Labute approximate surface area is 120 Å². The first-order chi connectivity index (χ1) is 9.59. The number of nitrogens with one attached hydrogen (secondary N) is 1. The second kappa shape index (κ2) is 5.02. The van der Waals surface area contributed by atoms with Gasteiger partial charge in [0.25, 0.3) is 0 Å². The second-order valence-corrected chi connectivity index (χ2v) is 5.90. The molecule has 106 valence electrons. The van der Waals surface area contributed by atoms with Gasteiger partial charge < -0.3 is 9.88 Å². The van der Waals surface area contributed by atoms with E-state index in [4.69, 9.17) is 4.98 Å². The number of hydrogen-bond donors (Lipinski definition) is 1. The highest BCUT2D eigenvalue weighted by atomic mass is 15.2. The van der Waals surface area contributed by atoms with Crippen LogP contribution in [0.5, 0.6) is 0 Å². The average molecular weight is 270 g/mol. The lowest BCUT2D eigenvalue weighted by Crippen LogP contribution is -2.32. The molecule has 1 N–H and O–H groups in total. The summed E-state index contributed by atoms with van der Waals surface area (Å²) in [4.78, 5) is 9.40. The fraction of sp³-hybridized carbons (Fsp3) is 0.500. The third-order valence-corrected chi connectivity index (χ3v) is 4.00. The van der Waals surface area contributed by atoms with Crippen molar-refractivity contribution in [3.63, 3.8) is 0 Å². The summed E-state index contributed by atoms with van der Waals surface area (Å²) >= 11 is 0. The molecule has 0 amide bonds. The Kier molecular flexibility index (Phi) is 3.34. The van der Waals surface area contributed by atoms with Gasteiger partial charge in [0.15, 0.2) is 0 Å². The van der Waals surface area contributed by atoms with Gasteiger partial charge in [-0.15, -0.1) is 0 Å². The predicted octanol–water partition coefficient (Wildman–Crippen LogP) is 3.04. The van der Waals surface area contributed by atoms with Crippen molar-refractivity contribution in [3.8, 4) is 11.3 Å². The van der Waals surface area contributed by atoms with Crippen molar-refractivity contribution in [2.45, 2.75) is 46.2 Å². The summed E-state index contributed by atoms with van der Waals surface area (Å²) in [6, 6.07) is 4.60. The molecule has 3 rings (SSSR count). The molecule has 0 aliphatic carbocycles. The minimum absolute atomic E-state index is 0.401. The Morgan fingerprint density at radius 3 is 2.95 bits per heavy atom. The summed E-state index contributed by atoms with van der Waals surface area (Å²) in [5, 5.41) is 3.48. The number of nitrogens with zero attached hydrogens (tertiary/aromatic N) is 3. The lowest BCUT2D eigenvalue weighted by molar-refractivity contribution is 0.422. The molecule has 0 aromatic carbocycles. The molecule has 4 heteroatoms. The maximum Gasteiger partial charge on any atom is 0.106 e. The van der Waals surface area contributed by atoms with E-state index in [2.05, 4.69) is 48.6 Å². The number of fused-ring (bicyclic) bond motifs is 1. The van der Waals surface area contributed by atoms with Gasteiger partial charge in [-0.2, -0.15) is 0 Å². The highest BCUT2D eigenvalue weighted by molar-refractivity contribution is 5.66. The van der Waals surface area contributed by atoms with E-state index in [1.54, 1.807) is 0 Å².